The molecule has 0 radical (unpaired) electrons. The molecule has 1 aromatic carbocycles. The second kappa shape index (κ2) is 6.78. The Morgan fingerprint density at radius 1 is 1.32 bits per heavy atom. The first-order valence-electron chi connectivity index (χ1n) is 8.88. The molecule has 3 heterocycles. The van der Waals surface area contributed by atoms with E-state index in [1.165, 1.54) is 15.3 Å². The average Bonchev–Trinajstić information content (AvgIpc) is 3.13. The minimum atomic E-state index is -0.786. The summed E-state index contributed by atoms with van der Waals surface area (Å²) < 4.78 is 13.4. The molecular formula is C20H23BrO3S. The first kappa shape index (κ1) is 17.7. The Balaban J connectivity index is 1.68. The lowest BCUT2D eigenvalue weighted by Gasteiger charge is -2.39. The van der Waals surface area contributed by atoms with E-state index in [9.17, 15) is 5.11 Å². The van der Waals surface area contributed by atoms with Crippen LogP contribution < -0.4 is 0 Å². The van der Waals surface area contributed by atoms with Gasteiger partial charge >= 0.3 is 0 Å². The number of ether oxygens (including phenoxy) is 2. The molecule has 0 aliphatic carbocycles. The molecule has 2 aliphatic heterocycles. The fourth-order valence-corrected chi connectivity index (χ4v) is 5.41. The number of hydrogen-bond donors (Lipinski definition) is 1. The van der Waals surface area contributed by atoms with Crippen LogP contribution in [0.2, 0.25) is 0 Å². The Morgan fingerprint density at radius 2 is 2.12 bits per heavy atom. The summed E-state index contributed by atoms with van der Waals surface area (Å²) in [6, 6.07) is 8.80. The van der Waals surface area contributed by atoms with Gasteiger partial charge in [0.1, 0.15) is 0 Å². The Morgan fingerprint density at radius 3 is 2.84 bits per heavy atom. The summed E-state index contributed by atoms with van der Waals surface area (Å²) in [4.78, 5) is 2.78. The summed E-state index contributed by atoms with van der Waals surface area (Å²) in [6.07, 6.45) is 2.75. The highest BCUT2D eigenvalue weighted by Gasteiger charge is 2.47. The number of benzene rings is 1. The summed E-state index contributed by atoms with van der Waals surface area (Å²) in [5.41, 5.74) is 3.48. The van der Waals surface area contributed by atoms with E-state index < -0.39 is 5.79 Å². The number of halogens is 1. The molecule has 4 rings (SSSR count). The molecule has 3 nitrogen and oxygen atoms in total. The van der Waals surface area contributed by atoms with E-state index in [0.717, 1.165) is 28.4 Å². The van der Waals surface area contributed by atoms with E-state index in [0.29, 0.717) is 19.4 Å². The molecule has 1 aromatic heterocycles. The molecular weight excluding hydrogens is 400 g/mol. The first-order chi connectivity index (χ1) is 12.0. The molecule has 0 amide bonds. The van der Waals surface area contributed by atoms with Crippen LogP contribution in [-0.2, 0) is 34.7 Å². The highest BCUT2D eigenvalue weighted by atomic mass is 79.9. The van der Waals surface area contributed by atoms with Crippen molar-refractivity contribution in [1.29, 1.82) is 0 Å². The molecule has 1 spiro atoms. The van der Waals surface area contributed by atoms with Gasteiger partial charge in [-0.25, -0.2) is 0 Å². The minimum absolute atomic E-state index is 0.00814. The van der Waals surface area contributed by atoms with Crippen LogP contribution in [0.1, 0.15) is 53.1 Å². The van der Waals surface area contributed by atoms with Crippen molar-refractivity contribution in [1.82, 2.24) is 0 Å². The van der Waals surface area contributed by atoms with Crippen LogP contribution >= 0.6 is 27.3 Å². The average molecular weight is 423 g/mol. The number of fused-ring (bicyclic) bond motifs is 2. The van der Waals surface area contributed by atoms with Gasteiger partial charge in [0, 0.05) is 32.6 Å². The summed E-state index contributed by atoms with van der Waals surface area (Å²) in [7, 11) is 0. The standard InChI is InChI=1S/C20H23BrO3S/c1-3-16-4-5-17(25-16)7-13-8-18-14(9-19(13)21)11-23-20(18)10-15(22)6-12(2)24-20/h4-5,8-9,12,15,22H,3,6-7,10-11H2,1-2H3/t12?,15?,20-/m1/s1. The number of hydrogen-bond acceptors (Lipinski definition) is 4. The molecule has 25 heavy (non-hydrogen) atoms. The molecule has 0 saturated carbocycles. The number of aliphatic hydroxyl groups is 1. The molecule has 3 atom stereocenters. The lowest BCUT2D eigenvalue weighted by atomic mass is 9.90. The molecule has 1 saturated heterocycles. The van der Waals surface area contributed by atoms with E-state index in [-0.39, 0.29) is 12.2 Å². The Hall–Kier alpha value is -0.720. The van der Waals surface area contributed by atoms with E-state index in [2.05, 4.69) is 47.1 Å². The van der Waals surface area contributed by atoms with E-state index in [4.69, 9.17) is 9.47 Å². The second-order valence-electron chi connectivity index (χ2n) is 7.06. The highest BCUT2D eigenvalue weighted by molar-refractivity contribution is 9.10. The van der Waals surface area contributed by atoms with Gasteiger partial charge in [-0.2, -0.15) is 0 Å². The molecule has 0 bridgehead atoms. The molecule has 2 aliphatic rings. The Bertz CT molecular complexity index is 775. The number of aryl methyl sites for hydroxylation is 1. The summed E-state index contributed by atoms with van der Waals surface area (Å²) >= 11 is 5.60. The van der Waals surface area contributed by atoms with Crippen LogP contribution in [-0.4, -0.2) is 17.3 Å². The SMILES string of the molecule is CCc1ccc(Cc2cc3c(cc2Br)CO[C@@]32CC(O)CC(C)O2)s1. The van der Waals surface area contributed by atoms with E-state index >= 15 is 0 Å². The highest BCUT2D eigenvalue weighted by Crippen LogP contribution is 2.47. The van der Waals surface area contributed by atoms with Crippen molar-refractivity contribution >= 4 is 27.3 Å². The van der Waals surface area contributed by atoms with Crippen molar-refractivity contribution in [2.45, 2.75) is 64.1 Å². The zero-order chi connectivity index (χ0) is 17.6. The Kier molecular flexibility index (Phi) is 4.80. The van der Waals surface area contributed by atoms with Gasteiger partial charge in [-0.05, 0) is 55.2 Å². The third-order valence-electron chi connectivity index (χ3n) is 5.07. The van der Waals surface area contributed by atoms with Crippen LogP contribution in [0.15, 0.2) is 28.7 Å². The van der Waals surface area contributed by atoms with Crippen LogP contribution in [0, 0.1) is 0 Å². The van der Waals surface area contributed by atoms with Crippen molar-refractivity contribution in [3.8, 4) is 0 Å². The fourth-order valence-electron chi connectivity index (χ4n) is 3.90. The zero-order valence-electron chi connectivity index (χ0n) is 14.5. The molecule has 134 valence electrons. The maximum atomic E-state index is 10.3. The van der Waals surface area contributed by atoms with E-state index in [1.807, 2.05) is 18.3 Å². The van der Waals surface area contributed by atoms with Gasteiger partial charge < -0.3 is 14.6 Å². The van der Waals surface area contributed by atoms with Gasteiger partial charge in [0.25, 0.3) is 0 Å². The maximum Gasteiger partial charge on any atom is 0.198 e. The summed E-state index contributed by atoms with van der Waals surface area (Å²) in [6.45, 7) is 4.73. The van der Waals surface area contributed by atoms with Gasteiger partial charge in [0.05, 0.1) is 18.8 Å². The third kappa shape index (κ3) is 3.33. The van der Waals surface area contributed by atoms with Gasteiger partial charge in [-0.1, -0.05) is 22.9 Å². The maximum absolute atomic E-state index is 10.3. The molecule has 1 fully saturated rings. The largest absolute Gasteiger partial charge is 0.393 e. The number of thiophene rings is 1. The van der Waals surface area contributed by atoms with Crippen LogP contribution in [0.5, 0.6) is 0 Å². The van der Waals surface area contributed by atoms with Gasteiger partial charge in [0.2, 0.25) is 0 Å². The molecule has 2 aromatic rings. The minimum Gasteiger partial charge on any atom is -0.393 e. The predicted octanol–water partition coefficient (Wildman–Crippen LogP) is 4.91. The van der Waals surface area contributed by atoms with Crippen LogP contribution in [0.3, 0.4) is 0 Å². The quantitative estimate of drug-likeness (QED) is 0.763. The monoisotopic (exact) mass is 422 g/mol. The van der Waals surface area contributed by atoms with Crippen molar-refractivity contribution in [2.24, 2.45) is 0 Å². The third-order valence-corrected chi connectivity index (χ3v) is 7.04. The van der Waals surface area contributed by atoms with Crippen LogP contribution in [0.4, 0.5) is 0 Å². The van der Waals surface area contributed by atoms with Crippen molar-refractivity contribution in [3.05, 3.63) is 55.2 Å². The first-order valence-corrected chi connectivity index (χ1v) is 10.5. The fraction of sp³-hybridized carbons (Fsp3) is 0.500. The van der Waals surface area contributed by atoms with Crippen molar-refractivity contribution in [3.63, 3.8) is 0 Å². The number of rotatable bonds is 3. The topological polar surface area (TPSA) is 38.7 Å². The lowest BCUT2D eigenvalue weighted by Crippen LogP contribution is -2.43. The summed E-state index contributed by atoms with van der Waals surface area (Å²) in [5, 5.41) is 10.3. The number of aliphatic hydroxyl groups excluding tert-OH is 1. The van der Waals surface area contributed by atoms with Crippen molar-refractivity contribution < 1.29 is 14.6 Å². The van der Waals surface area contributed by atoms with Crippen molar-refractivity contribution in [2.75, 3.05) is 0 Å². The second-order valence-corrected chi connectivity index (χ2v) is 9.17. The zero-order valence-corrected chi connectivity index (χ0v) is 17.0. The van der Waals surface area contributed by atoms with E-state index in [1.54, 1.807) is 0 Å². The molecule has 2 unspecified atom stereocenters. The Labute approximate surface area is 161 Å². The summed E-state index contributed by atoms with van der Waals surface area (Å²) in [5.74, 6) is -0.786. The van der Waals surface area contributed by atoms with Gasteiger partial charge in [-0.3, -0.25) is 0 Å². The lowest BCUT2D eigenvalue weighted by molar-refractivity contribution is -0.295. The van der Waals surface area contributed by atoms with Crippen LogP contribution in [0.25, 0.3) is 0 Å². The normalized spacial score (nSPS) is 28.5. The molecule has 1 N–H and O–H groups in total. The smallest absolute Gasteiger partial charge is 0.198 e. The van der Waals surface area contributed by atoms with Gasteiger partial charge in [0.15, 0.2) is 5.79 Å². The van der Waals surface area contributed by atoms with Gasteiger partial charge in [-0.15, -0.1) is 11.3 Å². The predicted molar refractivity (Wildman–Crippen MR) is 103 cm³/mol. The molecule has 5 heteroatoms.